The van der Waals surface area contributed by atoms with Crippen molar-refractivity contribution >= 4 is 49.1 Å². The van der Waals surface area contributed by atoms with Crippen molar-refractivity contribution in [2.24, 2.45) is 0 Å². The summed E-state index contributed by atoms with van der Waals surface area (Å²) in [7, 11) is 0. The number of fused-ring (bicyclic) bond motifs is 1. The van der Waals surface area contributed by atoms with Crippen molar-refractivity contribution in [2.45, 2.75) is 6.42 Å². The molecule has 4 aromatic rings. The molecule has 3 heterocycles. The van der Waals surface area contributed by atoms with Crippen molar-refractivity contribution in [3.63, 3.8) is 0 Å². The van der Waals surface area contributed by atoms with Gasteiger partial charge in [0.15, 0.2) is 5.82 Å². The largest absolute Gasteiger partial charge is 0.322 e. The number of aromatic amines is 2. The maximum absolute atomic E-state index is 12.5. The molecule has 0 saturated carbocycles. The Morgan fingerprint density at radius 3 is 2.96 bits per heavy atom. The number of thiophene rings is 1. The molecule has 0 aliphatic rings. The lowest BCUT2D eigenvalue weighted by Crippen LogP contribution is -2.21. The topological polar surface area (TPSA) is 127 Å². The van der Waals surface area contributed by atoms with Crippen LogP contribution in [-0.2, 0) is 11.2 Å². The molecule has 0 aliphatic carbocycles. The van der Waals surface area contributed by atoms with E-state index in [1.807, 2.05) is 11.4 Å². The molecular weight excluding hydrogens is 444 g/mol. The molecule has 28 heavy (non-hydrogen) atoms. The summed E-state index contributed by atoms with van der Waals surface area (Å²) in [6.45, 7) is 0. The number of benzene rings is 1. The molecule has 0 bridgehead atoms. The summed E-state index contributed by atoms with van der Waals surface area (Å²) in [5.74, 6) is 0.203. The Morgan fingerprint density at radius 1 is 1.36 bits per heavy atom. The fourth-order valence-electron chi connectivity index (χ4n) is 2.77. The van der Waals surface area contributed by atoms with Crippen molar-refractivity contribution in [3.8, 4) is 17.5 Å². The van der Waals surface area contributed by atoms with E-state index in [4.69, 9.17) is 5.26 Å². The number of hydrogen-bond acceptors (Lipinski definition) is 6. The van der Waals surface area contributed by atoms with E-state index < -0.39 is 0 Å². The van der Waals surface area contributed by atoms with Crippen LogP contribution in [0.3, 0.4) is 0 Å². The molecule has 0 spiro atoms. The number of carbonyl (C=O) groups excluding carboxylic acids is 1. The van der Waals surface area contributed by atoms with Crippen molar-refractivity contribution in [1.82, 2.24) is 20.2 Å². The molecule has 0 atom stereocenters. The number of amides is 1. The molecule has 10 heteroatoms. The minimum absolute atomic E-state index is 0.0867. The van der Waals surface area contributed by atoms with Gasteiger partial charge in [-0.1, -0.05) is 6.07 Å². The van der Waals surface area contributed by atoms with Crippen LogP contribution < -0.4 is 10.9 Å². The second-order valence-electron chi connectivity index (χ2n) is 5.88. The summed E-state index contributed by atoms with van der Waals surface area (Å²) in [6.07, 6.45) is 1.30. The number of halogens is 1. The summed E-state index contributed by atoms with van der Waals surface area (Å²) < 4.78 is 0.779. The standard InChI is InChI=1S/C18H11BrN6O2S/c19-12-7-28-18(15(12)16-21-8-22-25-16)24-14(26)5-11-4-10-2-1-9(6-20)3-13(10)23-17(11)27/h1-4,7-8H,5H2,(H,23,27)(H,24,26)(H,21,22,25). The lowest BCUT2D eigenvalue weighted by atomic mass is 10.1. The summed E-state index contributed by atoms with van der Waals surface area (Å²) >= 11 is 4.78. The molecule has 0 saturated heterocycles. The van der Waals surface area contributed by atoms with Gasteiger partial charge in [-0.15, -0.1) is 11.3 Å². The molecule has 0 unspecified atom stereocenters. The first kappa shape index (κ1) is 18.1. The Hall–Kier alpha value is -3.29. The lowest BCUT2D eigenvalue weighted by Gasteiger charge is -2.06. The maximum atomic E-state index is 12.5. The molecular formula is C18H11BrN6O2S. The minimum Gasteiger partial charge on any atom is -0.322 e. The number of rotatable bonds is 4. The monoisotopic (exact) mass is 454 g/mol. The number of nitrogens with zero attached hydrogens (tertiary/aromatic N) is 3. The van der Waals surface area contributed by atoms with Gasteiger partial charge in [0.2, 0.25) is 5.91 Å². The maximum Gasteiger partial charge on any atom is 0.252 e. The van der Waals surface area contributed by atoms with Crippen molar-refractivity contribution in [1.29, 1.82) is 5.26 Å². The number of anilines is 1. The summed E-state index contributed by atoms with van der Waals surface area (Å²) in [5, 5.41) is 21.6. The molecule has 3 N–H and O–H groups in total. The fourth-order valence-corrected chi connectivity index (χ4v) is 4.40. The predicted molar refractivity (Wildman–Crippen MR) is 109 cm³/mol. The van der Waals surface area contributed by atoms with Crippen LogP contribution in [0, 0.1) is 11.3 Å². The van der Waals surface area contributed by atoms with E-state index in [2.05, 4.69) is 41.4 Å². The van der Waals surface area contributed by atoms with Gasteiger partial charge in [-0.05, 0) is 39.5 Å². The number of nitrogens with one attached hydrogen (secondary N) is 3. The normalized spacial score (nSPS) is 10.7. The average molecular weight is 455 g/mol. The molecule has 0 fully saturated rings. The Labute approximate surface area is 170 Å². The van der Waals surface area contributed by atoms with Crippen molar-refractivity contribution in [3.05, 3.63) is 61.9 Å². The highest BCUT2D eigenvalue weighted by atomic mass is 79.9. The average Bonchev–Trinajstić information content (AvgIpc) is 3.31. The van der Waals surface area contributed by atoms with Crippen LogP contribution in [-0.4, -0.2) is 26.1 Å². The van der Waals surface area contributed by atoms with Gasteiger partial charge in [0, 0.05) is 20.9 Å². The van der Waals surface area contributed by atoms with Gasteiger partial charge >= 0.3 is 0 Å². The van der Waals surface area contributed by atoms with Crippen molar-refractivity contribution in [2.75, 3.05) is 5.32 Å². The van der Waals surface area contributed by atoms with Crippen LogP contribution in [0.15, 0.2) is 45.2 Å². The van der Waals surface area contributed by atoms with E-state index in [0.29, 0.717) is 33.0 Å². The predicted octanol–water partition coefficient (Wildman–Crippen LogP) is 3.19. The van der Waals surface area contributed by atoms with Gasteiger partial charge in [0.05, 0.1) is 23.6 Å². The van der Waals surface area contributed by atoms with E-state index in [1.54, 1.807) is 24.3 Å². The number of hydrogen-bond donors (Lipinski definition) is 3. The fraction of sp³-hybridized carbons (Fsp3) is 0.0556. The molecule has 8 nitrogen and oxygen atoms in total. The van der Waals surface area contributed by atoms with E-state index in [0.717, 1.165) is 9.86 Å². The Balaban J connectivity index is 1.59. The highest BCUT2D eigenvalue weighted by molar-refractivity contribution is 9.10. The van der Waals surface area contributed by atoms with E-state index in [1.165, 1.54) is 17.7 Å². The molecule has 3 aromatic heterocycles. The first-order valence-corrected chi connectivity index (χ1v) is 9.71. The third-order valence-electron chi connectivity index (χ3n) is 4.05. The SMILES string of the molecule is N#Cc1ccc2cc(CC(=O)Nc3scc(Br)c3-c3ncn[nH]3)c(=O)[nH]c2c1. The third-order valence-corrected chi connectivity index (χ3v) is 5.88. The second-order valence-corrected chi connectivity index (χ2v) is 7.62. The molecule has 0 radical (unpaired) electrons. The van der Waals surface area contributed by atoms with Crippen LogP contribution in [0.5, 0.6) is 0 Å². The summed E-state index contributed by atoms with van der Waals surface area (Å²) in [6, 6.07) is 8.70. The number of H-pyrrole nitrogens is 2. The number of aromatic nitrogens is 4. The number of carbonyl (C=O) groups is 1. The highest BCUT2D eigenvalue weighted by Gasteiger charge is 2.17. The zero-order valence-electron chi connectivity index (χ0n) is 14.1. The molecule has 1 aromatic carbocycles. The first-order valence-electron chi connectivity index (χ1n) is 8.04. The van der Waals surface area contributed by atoms with Crippen LogP contribution in [0.2, 0.25) is 0 Å². The van der Waals surface area contributed by atoms with Gasteiger partial charge in [0.1, 0.15) is 11.3 Å². The number of pyridine rings is 1. The van der Waals surface area contributed by atoms with Gasteiger partial charge < -0.3 is 10.3 Å². The Bertz CT molecular complexity index is 1290. The summed E-state index contributed by atoms with van der Waals surface area (Å²) in [4.78, 5) is 31.7. The van der Waals surface area contributed by atoms with Crippen molar-refractivity contribution < 1.29 is 4.79 Å². The highest BCUT2D eigenvalue weighted by Crippen LogP contribution is 2.38. The Morgan fingerprint density at radius 2 is 2.21 bits per heavy atom. The van der Waals surface area contributed by atoms with Gasteiger partial charge in [-0.25, -0.2) is 4.98 Å². The molecule has 1 amide bonds. The van der Waals surface area contributed by atoms with Gasteiger partial charge in [-0.2, -0.15) is 10.4 Å². The smallest absolute Gasteiger partial charge is 0.252 e. The number of nitriles is 1. The van der Waals surface area contributed by atoms with Crippen LogP contribution >= 0.6 is 27.3 Å². The zero-order chi connectivity index (χ0) is 19.7. The molecule has 4 rings (SSSR count). The quantitative estimate of drug-likeness (QED) is 0.436. The summed E-state index contributed by atoms with van der Waals surface area (Å²) in [5.41, 5.74) is 1.69. The van der Waals surface area contributed by atoms with Crippen LogP contribution in [0.1, 0.15) is 11.1 Å². The minimum atomic E-state index is -0.361. The Kier molecular flexibility index (Phi) is 4.77. The van der Waals surface area contributed by atoms with E-state index >= 15 is 0 Å². The van der Waals surface area contributed by atoms with E-state index in [9.17, 15) is 9.59 Å². The van der Waals surface area contributed by atoms with E-state index in [-0.39, 0.29) is 17.9 Å². The third kappa shape index (κ3) is 3.45. The lowest BCUT2D eigenvalue weighted by molar-refractivity contribution is -0.115. The zero-order valence-corrected chi connectivity index (χ0v) is 16.5. The van der Waals surface area contributed by atoms with Crippen LogP contribution in [0.4, 0.5) is 5.00 Å². The second kappa shape index (κ2) is 7.38. The first-order chi connectivity index (χ1) is 13.5. The van der Waals surface area contributed by atoms with Gasteiger partial charge in [0.25, 0.3) is 5.56 Å². The van der Waals surface area contributed by atoms with Gasteiger partial charge in [-0.3, -0.25) is 14.7 Å². The van der Waals surface area contributed by atoms with Crippen LogP contribution in [0.25, 0.3) is 22.3 Å². The molecule has 138 valence electrons. The molecule has 0 aliphatic heterocycles.